The van der Waals surface area contributed by atoms with E-state index in [-0.39, 0.29) is 12.5 Å². The monoisotopic (exact) mass is 518 g/mol. The summed E-state index contributed by atoms with van der Waals surface area (Å²) in [6, 6.07) is 9.26. The van der Waals surface area contributed by atoms with Gasteiger partial charge in [-0.1, -0.05) is 12.1 Å². The van der Waals surface area contributed by atoms with Gasteiger partial charge in [0.25, 0.3) is 5.91 Å². The Morgan fingerprint density at radius 3 is 2.73 bits per heavy atom. The topological polar surface area (TPSA) is 90.4 Å². The van der Waals surface area contributed by atoms with Crippen LogP contribution in [0.5, 0.6) is 0 Å². The lowest BCUT2D eigenvalue weighted by atomic mass is 10.1. The van der Waals surface area contributed by atoms with Crippen molar-refractivity contribution in [2.24, 2.45) is 0 Å². The summed E-state index contributed by atoms with van der Waals surface area (Å²) < 4.78 is 14.5. The number of hydrogen-bond acceptors (Lipinski definition) is 9. The summed E-state index contributed by atoms with van der Waals surface area (Å²) in [7, 11) is 2.12. The number of amides is 1. The molecule has 4 aromatic rings. The molecule has 0 aliphatic carbocycles. The smallest absolute Gasteiger partial charge is 0.253 e. The van der Waals surface area contributed by atoms with Crippen LogP contribution in [-0.2, 0) is 0 Å². The fraction of sp³-hybridized carbons (Fsp3) is 0.346. The Morgan fingerprint density at radius 2 is 1.92 bits per heavy atom. The van der Waals surface area contributed by atoms with Crippen LogP contribution in [0.1, 0.15) is 16.8 Å². The standard InChI is InChI=1S/C26H27FN8OS/c1-33-7-9-34(10-8-33)24-15-28-14-23(32-24)31-22-12-20-21(13-29-22)37-25(30-20)17-3-2-4-18(11-17)26(36)35-6-5-19(27)16-35/h2-4,11-15,19H,5-10,16H2,1H3,(H,29,31,32). The molecule has 37 heavy (non-hydrogen) atoms. The molecule has 1 N–H and O–H groups in total. The Balaban J connectivity index is 1.20. The minimum atomic E-state index is -0.938. The number of halogens is 1. The van der Waals surface area contributed by atoms with Gasteiger partial charge in [-0.2, -0.15) is 0 Å². The van der Waals surface area contributed by atoms with Gasteiger partial charge in [0.05, 0.1) is 29.2 Å². The molecule has 2 saturated heterocycles. The van der Waals surface area contributed by atoms with Crippen molar-refractivity contribution in [1.29, 1.82) is 0 Å². The van der Waals surface area contributed by atoms with Gasteiger partial charge in [0, 0.05) is 56.1 Å². The molecular weight excluding hydrogens is 491 g/mol. The fourth-order valence-corrected chi connectivity index (χ4v) is 5.54. The lowest BCUT2D eigenvalue weighted by molar-refractivity contribution is 0.0783. The van der Waals surface area contributed by atoms with Gasteiger partial charge >= 0.3 is 0 Å². The predicted octanol–water partition coefficient (Wildman–Crippen LogP) is 3.83. The number of carbonyl (C=O) groups excluding carboxylic acids is 1. The normalized spacial score (nSPS) is 18.5. The Morgan fingerprint density at radius 1 is 1.05 bits per heavy atom. The average molecular weight is 519 g/mol. The highest BCUT2D eigenvalue weighted by atomic mass is 32.1. The lowest BCUT2D eigenvalue weighted by Gasteiger charge is -2.33. The molecule has 9 nitrogen and oxygen atoms in total. The number of carbonyl (C=O) groups is 1. The number of aromatic nitrogens is 4. The van der Waals surface area contributed by atoms with Crippen molar-refractivity contribution in [3.63, 3.8) is 0 Å². The van der Waals surface area contributed by atoms with Crippen molar-refractivity contribution in [3.8, 4) is 10.6 Å². The molecule has 0 radical (unpaired) electrons. The van der Waals surface area contributed by atoms with Gasteiger partial charge < -0.3 is 20.0 Å². The molecule has 3 aromatic heterocycles. The number of fused-ring (bicyclic) bond motifs is 1. The number of rotatable bonds is 5. The van der Waals surface area contributed by atoms with Crippen LogP contribution in [0.15, 0.2) is 48.9 Å². The second-order valence-corrected chi connectivity index (χ2v) is 10.5. The second kappa shape index (κ2) is 9.98. The molecule has 0 bridgehead atoms. The zero-order chi connectivity index (χ0) is 25.4. The SMILES string of the molecule is CN1CCN(c2cncc(Nc3cc4nc(-c5cccc(C(=O)N6CCC(F)C6)c5)sc4cn3)n2)CC1. The van der Waals surface area contributed by atoms with Crippen LogP contribution in [-0.4, -0.2) is 88.1 Å². The van der Waals surface area contributed by atoms with Crippen molar-refractivity contribution in [3.05, 3.63) is 54.5 Å². The number of likely N-dealkylation sites (tertiary alicyclic amines) is 1. The summed E-state index contributed by atoms with van der Waals surface area (Å²) in [5.74, 6) is 1.96. The van der Waals surface area contributed by atoms with E-state index in [4.69, 9.17) is 9.97 Å². The number of likely N-dealkylation sites (N-methyl/N-ethyl adjacent to an activating group) is 1. The minimum absolute atomic E-state index is 0.142. The second-order valence-electron chi connectivity index (χ2n) is 9.45. The molecule has 2 aliphatic heterocycles. The van der Waals surface area contributed by atoms with Gasteiger partial charge in [0.1, 0.15) is 22.8 Å². The van der Waals surface area contributed by atoms with E-state index in [0.717, 1.165) is 52.8 Å². The van der Waals surface area contributed by atoms with E-state index in [1.54, 1.807) is 29.6 Å². The number of pyridine rings is 1. The van der Waals surface area contributed by atoms with E-state index >= 15 is 0 Å². The molecule has 5 heterocycles. The average Bonchev–Trinajstić information content (AvgIpc) is 3.55. The zero-order valence-corrected chi connectivity index (χ0v) is 21.3. The van der Waals surface area contributed by atoms with Gasteiger partial charge in [-0.3, -0.25) is 9.78 Å². The quantitative estimate of drug-likeness (QED) is 0.426. The Hall–Kier alpha value is -3.70. The summed E-state index contributed by atoms with van der Waals surface area (Å²) in [6.07, 6.45) is 4.73. The maximum absolute atomic E-state index is 13.6. The predicted molar refractivity (Wildman–Crippen MR) is 143 cm³/mol. The largest absolute Gasteiger partial charge is 0.353 e. The van der Waals surface area contributed by atoms with E-state index in [2.05, 4.69) is 32.1 Å². The van der Waals surface area contributed by atoms with Crippen molar-refractivity contribution in [1.82, 2.24) is 29.7 Å². The number of anilines is 3. The van der Waals surface area contributed by atoms with Gasteiger partial charge in [-0.05, 0) is 25.6 Å². The first kappa shape index (κ1) is 23.7. The third-order valence-corrected chi connectivity index (χ3v) is 7.81. The number of piperazine rings is 1. The van der Waals surface area contributed by atoms with Crippen LogP contribution in [0.2, 0.25) is 0 Å². The molecule has 6 rings (SSSR count). The minimum Gasteiger partial charge on any atom is -0.353 e. The summed E-state index contributed by atoms with van der Waals surface area (Å²) >= 11 is 1.51. The first-order chi connectivity index (χ1) is 18.0. The first-order valence-corrected chi connectivity index (χ1v) is 13.2. The molecule has 0 saturated carbocycles. The highest BCUT2D eigenvalue weighted by Gasteiger charge is 2.27. The molecule has 2 fully saturated rings. The fourth-order valence-electron chi connectivity index (χ4n) is 4.63. The molecule has 1 atom stereocenters. The van der Waals surface area contributed by atoms with E-state index in [1.807, 2.05) is 24.3 Å². The highest BCUT2D eigenvalue weighted by molar-refractivity contribution is 7.21. The van der Waals surface area contributed by atoms with Crippen molar-refractivity contribution in [2.75, 3.05) is 56.5 Å². The van der Waals surface area contributed by atoms with Gasteiger partial charge in [0.15, 0.2) is 5.82 Å². The molecule has 0 spiro atoms. The number of benzene rings is 1. The third-order valence-electron chi connectivity index (χ3n) is 6.76. The van der Waals surface area contributed by atoms with E-state index in [0.29, 0.717) is 30.2 Å². The summed E-state index contributed by atoms with van der Waals surface area (Å²) in [5.41, 5.74) is 2.20. The summed E-state index contributed by atoms with van der Waals surface area (Å²) in [4.78, 5) is 37.4. The van der Waals surface area contributed by atoms with Crippen LogP contribution in [0, 0.1) is 0 Å². The molecule has 1 amide bonds. The van der Waals surface area contributed by atoms with Crippen molar-refractivity contribution >= 4 is 44.9 Å². The number of thiazole rings is 1. The lowest BCUT2D eigenvalue weighted by Crippen LogP contribution is -2.44. The summed E-state index contributed by atoms with van der Waals surface area (Å²) in [5, 5.41) is 4.05. The van der Waals surface area contributed by atoms with Gasteiger partial charge in [-0.25, -0.2) is 19.3 Å². The number of alkyl halides is 1. The molecular formula is C26H27FN8OS. The van der Waals surface area contributed by atoms with Gasteiger partial charge in [0.2, 0.25) is 0 Å². The van der Waals surface area contributed by atoms with E-state index in [9.17, 15) is 9.18 Å². The van der Waals surface area contributed by atoms with Crippen LogP contribution in [0.3, 0.4) is 0 Å². The Labute approximate surface area is 218 Å². The molecule has 11 heteroatoms. The Bertz CT molecular complexity index is 1440. The van der Waals surface area contributed by atoms with E-state index < -0.39 is 6.17 Å². The zero-order valence-electron chi connectivity index (χ0n) is 20.5. The van der Waals surface area contributed by atoms with Crippen LogP contribution < -0.4 is 10.2 Å². The molecule has 190 valence electrons. The maximum atomic E-state index is 13.6. The van der Waals surface area contributed by atoms with Gasteiger partial charge in [-0.15, -0.1) is 11.3 Å². The number of nitrogens with zero attached hydrogens (tertiary/aromatic N) is 7. The van der Waals surface area contributed by atoms with Crippen LogP contribution in [0.4, 0.5) is 21.8 Å². The van der Waals surface area contributed by atoms with Crippen molar-refractivity contribution < 1.29 is 9.18 Å². The molecule has 1 aromatic carbocycles. The maximum Gasteiger partial charge on any atom is 0.253 e. The highest BCUT2D eigenvalue weighted by Crippen LogP contribution is 2.32. The first-order valence-electron chi connectivity index (χ1n) is 12.3. The van der Waals surface area contributed by atoms with E-state index in [1.165, 1.54) is 11.3 Å². The third kappa shape index (κ3) is 5.09. The van der Waals surface area contributed by atoms with Crippen LogP contribution >= 0.6 is 11.3 Å². The van der Waals surface area contributed by atoms with Crippen LogP contribution in [0.25, 0.3) is 20.8 Å². The number of nitrogens with one attached hydrogen (secondary N) is 1. The molecule has 2 aliphatic rings. The van der Waals surface area contributed by atoms with Crippen molar-refractivity contribution in [2.45, 2.75) is 12.6 Å². The molecule has 1 unspecified atom stereocenters. The number of hydrogen-bond donors (Lipinski definition) is 1. The Kier molecular flexibility index (Phi) is 6.39. The summed E-state index contributed by atoms with van der Waals surface area (Å²) in [6.45, 7) is 4.45.